The normalized spacial score (nSPS) is 16.8. The standard InChI is InChI=1S/C28H30N2O4/c1-18-11-23(31-16-24-17-33-28(4,5)34-24)12-19(2)27(18)25-8-6-7-22(20(25)3)15-32-26-10-9-21(13-29)14-30-26/h6-12,14,24H,15-17H2,1-5H3/t24-/m0/s1. The Labute approximate surface area is 201 Å². The highest BCUT2D eigenvalue weighted by Gasteiger charge is 2.33. The predicted octanol–water partition coefficient (Wildman–Crippen LogP) is 5.65. The number of nitrogens with zero attached hydrogens (tertiary/aromatic N) is 2. The van der Waals surface area contributed by atoms with Crippen LogP contribution in [-0.4, -0.2) is 30.1 Å². The summed E-state index contributed by atoms with van der Waals surface area (Å²) in [5, 5.41) is 8.92. The molecule has 0 spiro atoms. The number of hydrogen-bond donors (Lipinski definition) is 0. The van der Waals surface area contributed by atoms with E-state index in [4.69, 9.17) is 24.2 Å². The second-order valence-corrected chi connectivity index (χ2v) is 9.07. The monoisotopic (exact) mass is 458 g/mol. The summed E-state index contributed by atoms with van der Waals surface area (Å²) in [5.41, 5.74) is 7.42. The van der Waals surface area contributed by atoms with Gasteiger partial charge in [-0.1, -0.05) is 18.2 Å². The first-order chi connectivity index (χ1) is 16.3. The minimum Gasteiger partial charge on any atom is -0.491 e. The van der Waals surface area contributed by atoms with Crippen molar-refractivity contribution in [2.24, 2.45) is 0 Å². The van der Waals surface area contributed by atoms with Crippen molar-refractivity contribution < 1.29 is 18.9 Å². The Morgan fingerprint density at radius 2 is 1.85 bits per heavy atom. The van der Waals surface area contributed by atoms with E-state index < -0.39 is 5.79 Å². The topological polar surface area (TPSA) is 73.6 Å². The van der Waals surface area contributed by atoms with Gasteiger partial charge in [-0.15, -0.1) is 0 Å². The summed E-state index contributed by atoms with van der Waals surface area (Å²) >= 11 is 0. The van der Waals surface area contributed by atoms with Gasteiger partial charge in [-0.3, -0.25) is 0 Å². The molecule has 2 aromatic carbocycles. The van der Waals surface area contributed by atoms with E-state index in [9.17, 15) is 0 Å². The fourth-order valence-corrected chi connectivity index (χ4v) is 4.26. The molecule has 1 aliphatic heterocycles. The number of ether oxygens (including phenoxy) is 4. The number of nitriles is 1. The van der Waals surface area contributed by atoms with Gasteiger partial charge in [-0.05, 0) is 86.2 Å². The molecule has 0 unspecified atom stereocenters. The maximum absolute atomic E-state index is 8.92. The summed E-state index contributed by atoms with van der Waals surface area (Å²) in [5.74, 6) is 0.778. The van der Waals surface area contributed by atoms with E-state index in [2.05, 4.69) is 62.2 Å². The molecule has 34 heavy (non-hydrogen) atoms. The molecule has 176 valence electrons. The number of benzene rings is 2. The summed E-state index contributed by atoms with van der Waals surface area (Å²) in [6, 6.07) is 15.9. The molecule has 0 N–H and O–H groups in total. The first-order valence-corrected chi connectivity index (χ1v) is 11.4. The molecule has 1 atom stereocenters. The van der Waals surface area contributed by atoms with Crippen LogP contribution < -0.4 is 9.47 Å². The van der Waals surface area contributed by atoms with Crippen LogP contribution in [0.3, 0.4) is 0 Å². The molecule has 0 radical (unpaired) electrons. The van der Waals surface area contributed by atoms with Crippen LogP contribution in [0.4, 0.5) is 0 Å². The van der Waals surface area contributed by atoms with Crippen LogP contribution in [-0.2, 0) is 16.1 Å². The van der Waals surface area contributed by atoms with Crippen molar-refractivity contribution in [3.05, 3.63) is 76.5 Å². The highest BCUT2D eigenvalue weighted by Crippen LogP contribution is 2.34. The lowest BCUT2D eigenvalue weighted by atomic mass is 9.90. The first-order valence-electron chi connectivity index (χ1n) is 11.4. The van der Waals surface area contributed by atoms with Crippen molar-refractivity contribution in [3.8, 4) is 28.8 Å². The Bertz CT molecular complexity index is 1190. The van der Waals surface area contributed by atoms with Gasteiger partial charge in [0.05, 0.1) is 12.2 Å². The number of hydrogen-bond acceptors (Lipinski definition) is 6. The van der Waals surface area contributed by atoms with Gasteiger partial charge in [-0.25, -0.2) is 4.98 Å². The summed E-state index contributed by atoms with van der Waals surface area (Å²) in [7, 11) is 0. The molecular weight excluding hydrogens is 428 g/mol. The highest BCUT2D eigenvalue weighted by molar-refractivity contribution is 5.75. The molecule has 0 amide bonds. The lowest BCUT2D eigenvalue weighted by Crippen LogP contribution is -2.25. The van der Waals surface area contributed by atoms with Gasteiger partial charge in [0.1, 0.15) is 31.1 Å². The van der Waals surface area contributed by atoms with E-state index in [0.717, 1.165) is 28.0 Å². The highest BCUT2D eigenvalue weighted by atomic mass is 16.7. The van der Waals surface area contributed by atoms with Crippen molar-refractivity contribution in [2.45, 2.75) is 53.1 Å². The molecule has 0 bridgehead atoms. The van der Waals surface area contributed by atoms with Crippen LogP contribution >= 0.6 is 0 Å². The molecule has 0 aliphatic carbocycles. The van der Waals surface area contributed by atoms with Crippen LogP contribution in [0.5, 0.6) is 11.6 Å². The zero-order chi connectivity index (χ0) is 24.3. The Balaban J connectivity index is 1.49. The van der Waals surface area contributed by atoms with E-state index >= 15 is 0 Å². The Kier molecular flexibility index (Phi) is 6.87. The molecular formula is C28H30N2O4. The van der Waals surface area contributed by atoms with Crippen LogP contribution in [0.25, 0.3) is 11.1 Å². The van der Waals surface area contributed by atoms with Crippen molar-refractivity contribution in [3.63, 3.8) is 0 Å². The van der Waals surface area contributed by atoms with Gasteiger partial charge < -0.3 is 18.9 Å². The lowest BCUT2D eigenvalue weighted by molar-refractivity contribution is -0.141. The quantitative estimate of drug-likeness (QED) is 0.455. The van der Waals surface area contributed by atoms with Crippen molar-refractivity contribution in [2.75, 3.05) is 13.2 Å². The molecule has 6 heteroatoms. The van der Waals surface area contributed by atoms with Crippen LogP contribution in [0.15, 0.2) is 48.7 Å². The smallest absolute Gasteiger partial charge is 0.213 e. The zero-order valence-electron chi connectivity index (χ0n) is 20.3. The number of rotatable bonds is 7. The fraction of sp³-hybridized carbons (Fsp3) is 0.357. The molecule has 3 aromatic rings. The Hall–Kier alpha value is -3.40. The number of aromatic nitrogens is 1. The third-order valence-electron chi connectivity index (χ3n) is 5.97. The SMILES string of the molecule is Cc1cc(OC[C@H]2COC(C)(C)O2)cc(C)c1-c1cccc(COc2ccc(C#N)cn2)c1C. The minimum absolute atomic E-state index is 0.0696. The van der Waals surface area contributed by atoms with Gasteiger partial charge in [0.2, 0.25) is 5.88 Å². The minimum atomic E-state index is -0.549. The van der Waals surface area contributed by atoms with Crippen LogP contribution in [0, 0.1) is 32.1 Å². The molecule has 2 heterocycles. The van der Waals surface area contributed by atoms with Crippen LogP contribution in [0.1, 0.15) is 41.7 Å². The summed E-state index contributed by atoms with van der Waals surface area (Å²) in [6.07, 6.45) is 1.45. The maximum atomic E-state index is 8.92. The lowest BCUT2D eigenvalue weighted by Gasteiger charge is -2.19. The average molecular weight is 459 g/mol. The summed E-state index contributed by atoms with van der Waals surface area (Å²) in [4.78, 5) is 4.19. The maximum Gasteiger partial charge on any atom is 0.213 e. The fourth-order valence-electron chi connectivity index (χ4n) is 4.26. The van der Waals surface area contributed by atoms with Gasteiger partial charge in [-0.2, -0.15) is 5.26 Å². The van der Waals surface area contributed by atoms with Gasteiger partial charge in [0, 0.05) is 12.3 Å². The van der Waals surface area contributed by atoms with E-state index in [1.807, 2.05) is 13.8 Å². The Morgan fingerprint density at radius 3 is 2.47 bits per heavy atom. The van der Waals surface area contributed by atoms with E-state index in [1.165, 1.54) is 17.3 Å². The van der Waals surface area contributed by atoms with Crippen LogP contribution in [0.2, 0.25) is 0 Å². The average Bonchev–Trinajstić information content (AvgIpc) is 3.16. The molecule has 1 saturated heterocycles. The van der Waals surface area contributed by atoms with Crippen molar-refractivity contribution in [1.29, 1.82) is 5.26 Å². The molecule has 6 nitrogen and oxygen atoms in total. The molecule has 1 aromatic heterocycles. The van der Waals surface area contributed by atoms with E-state index in [1.54, 1.807) is 12.1 Å². The summed E-state index contributed by atoms with van der Waals surface area (Å²) in [6.45, 7) is 11.6. The van der Waals surface area contributed by atoms with E-state index in [-0.39, 0.29) is 6.10 Å². The molecule has 1 fully saturated rings. The summed E-state index contributed by atoms with van der Waals surface area (Å²) < 4.78 is 23.4. The van der Waals surface area contributed by atoms with Gasteiger partial charge >= 0.3 is 0 Å². The zero-order valence-corrected chi connectivity index (χ0v) is 20.3. The van der Waals surface area contributed by atoms with Gasteiger partial charge in [0.25, 0.3) is 0 Å². The molecule has 0 saturated carbocycles. The largest absolute Gasteiger partial charge is 0.491 e. The number of pyridine rings is 1. The third-order valence-corrected chi connectivity index (χ3v) is 5.97. The molecule has 1 aliphatic rings. The first kappa shape index (κ1) is 23.7. The Morgan fingerprint density at radius 1 is 1.09 bits per heavy atom. The van der Waals surface area contributed by atoms with Gasteiger partial charge in [0.15, 0.2) is 5.79 Å². The number of aryl methyl sites for hydroxylation is 2. The van der Waals surface area contributed by atoms with Crippen molar-refractivity contribution >= 4 is 0 Å². The second kappa shape index (κ2) is 9.84. The predicted molar refractivity (Wildman–Crippen MR) is 130 cm³/mol. The van der Waals surface area contributed by atoms with E-state index in [0.29, 0.717) is 31.3 Å². The molecule has 4 rings (SSSR count). The van der Waals surface area contributed by atoms with Crippen molar-refractivity contribution in [1.82, 2.24) is 4.98 Å². The third kappa shape index (κ3) is 5.39. The second-order valence-electron chi connectivity index (χ2n) is 9.07.